The molecular weight excluding hydrogens is 275 g/mol. The fourth-order valence-electron chi connectivity index (χ4n) is 1.51. The van der Waals surface area contributed by atoms with Crippen molar-refractivity contribution in [1.29, 1.82) is 0 Å². The molecule has 0 atom stereocenters. The fourth-order valence-corrected chi connectivity index (χ4v) is 3.00. The summed E-state index contributed by atoms with van der Waals surface area (Å²) in [5, 5.41) is 0.247. The first-order valence-electron chi connectivity index (χ1n) is 4.38. The van der Waals surface area contributed by atoms with Crippen molar-refractivity contribution in [3.63, 3.8) is 0 Å². The summed E-state index contributed by atoms with van der Waals surface area (Å²) >= 11 is 6.04. The van der Waals surface area contributed by atoms with Crippen molar-refractivity contribution in [2.45, 2.75) is 12.7 Å². The van der Waals surface area contributed by atoms with E-state index in [0.29, 0.717) is 22.6 Å². The van der Waals surface area contributed by atoms with Gasteiger partial charge in [-0.25, -0.2) is 8.42 Å². The Morgan fingerprint density at radius 3 is 2.75 bits per heavy atom. The molecule has 1 aromatic rings. The highest BCUT2D eigenvalue weighted by atomic mass is 35.7. The Hall–Kier alpha value is -0.650. The van der Waals surface area contributed by atoms with Crippen LogP contribution in [0.25, 0.3) is 0 Å². The summed E-state index contributed by atoms with van der Waals surface area (Å²) in [5.41, 5.74) is 1.15. The van der Waals surface area contributed by atoms with Crippen molar-refractivity contribution in [2.75, 3.05) is 6.79 Å². The molecule has 0 radical (unpaired) electrons. The van der Waals surface area contributed by atoms with E-state index in [4.69, 9.17) is 31.8 Å². The highest BCUT2D eigenvalue weighted by Crippen LogP contribution is 2.43. The zero-order chi connectivity index (χ0) is 11.9. The third kappa shape index (κ3) is 2.21. The van der Waals surface area contributed by atoms with Crippen molar-refractivity contribution >= 4 is 31.3 Å². The van der Waals surface area contributed by atoms with Gasteiger partial charge < -0.3 is 9.47 Å². The standard InChI is InChI=1S/C9H8Cl2O4S/c1-5-2-7-9(15-4-14-7)8(10)6(5)3-16(11,12)13/h2H,3-4H2,1H3. The van der Waals surface area contributed by atoms with E-state index in [1.165, 1.54) is 0 Å². The SMILES string of the molecule is Cc1cc2c(c(Cl)c1CS(=O)(=O)Cl)OCO2. The normalized spacial score (nSPS) is 14.2. The summed E-state index contributed by atoms with van der Waals surface area (Å²) in [4.78, 5) is 0. The highest BCUT2D eigenvalue weighted by molar-refractivity contribution is 8.13. The minimum Gasteiger partial charge on any atom is -0.454 e. The van der Waals surface area contributed by atoms with Gasteiger partial charge in [0.05, 0.1) is 10.8 Å². The number of benzene rings is 1. The second-order valence-corrected chi connectivity index (χ2v) is 6.56. The Bertz CT molecular complexity index is 539. The Labute approximate surface area is 102 Å². The van der Waals surface area contributed by atoms with Crippen LogP contribution in [0.2, 0.25) is 5.02 Å². The summed E-state index contributed by atoms with van der Waals surface area (Å²) in [6, 6.07) is 1.69. The molecule has 0 spiro atoms. The van der Waals surface area contributed by atoms with E-state index in [2.05, 4.69) is 0 Å². The maximum atomic E-state index is 11.0. The molecule has 1 aromatic carbocycles. The largest absolute Gasteiger partial charge is 0.454 e. The molecule has 0 aromatic heterocycles. The van der Waals surface area contributed by atoms with E-state index in [-0.39, 0.29) is 17.6 Å². The minimum atomic E-state index is -3.65. The van der Waals surface area contributed by atoms with E-state index in [1.54, 1.807) is 13.0 Å². The van der Waals surface area contributed by atoms with Crippen LogP contribution in [0.5, 0.6) is 11.5 Å². The molecule has 1 heterocycles. The van der Waals surface area contributed by atoms with Crippen LogP contribution in [0, 0.1) is 6.92 Å². The second-order valence-electron chi connectivity index (χ2n) is 3.40. The molecule has 4 nitrogen and oxygen atoms in total. The number of rotatable bonds is 2. The molecule has 0 amide bonds. The van der Waals surface area contributed by atoms with Gasteiger partial charge in [0.25, 0.3) is 0 Å². The highest BCUT2D eigenvalue weighted by Gasteiger charge is 2.24. The van der Waals surface area contributed by atoms with Crippen molar-refractivity contribution in [1.82, 2.24) is 0 Å². The maximum Gasteiger partial charge on any atom is 0.236 e. The number of ether oxygens (including phenoxy) is 2. The summed E-state index contributed by atoms with van der Waals surface area (Å²) < 4.78 is 32.4. The molecule has 1 aliphatic rings. The first-order valence-corrected chi connectivity index (χ1v) is 7.24. The van der Waals surface area contributed by atoms with Crippen LogP contribution in [0.1, 0.15) is 11.1 Å². The van der Waals surface area contributed by atoms with Gasteiger partial charge in [0.15, 0.2) is 11.5 Å². The van der Waals surface area contributed by atoms with Gasteiger partial charge in [-0.1, -0.05) is 11.6 Å². The first kappa shape index (κ1) is 11.8. The molecule has 1 aliphatic heterocycles. The first-order chi connectivity index (χ1) is 7.38. The molecule has 0 aliphatic carbocycles. The number of aryl methyl sites for hydroxylation is 1. The molecule has 88 valence electrons. The van der Waals surface area contributed by atoms with Crippen LogP contribution < -0.4 is 9.47 Å². The Morgan fingerprint density at radius 1 is 1.44 bits per heavy atom. The molecule has 0 bridgehead atoms. The Kier molecular flexibility index (Phi) is 2.94. The number of hydrogen-bond acceptors (Lipinski definition) is 4. The summed E-state index contributed by atoms with van der Waals surface area (Å²) in [5.74, 6) is 0.580. The summed E-state index contributed by atoms with van der Waals surface area (Å²) in [6.07, 6.45) is 0. The lowest BCUT2D eigenvalue weighted by Gasteiger charge is -2.09. The molecule has 16 heavy (non-hydrogen) atoms. The zero-order valence-corrected chi connectivity index (χ0v) is 10.6. The maximum absolute atomic E-state index is 11.0. The smallest absolute Gasteiger partial charge is 0.236 e. The zero-order valence-electron chi connectivity index (χ0n) is 8.29. The molecule has 7 heteroatoms. The average Bonchev–Trinajstić information content (AvgIpc) is 2.58. The van der Waals surface area contributed by atoms with Crippen LogP contribution >= 0.6 is 22.3 Å². The lowest BCUT2D eigenvalue weighted by atomic mass is 10.1. The van der Waals surface area contributed by atoms with Crippen LogP contribution in [0.15, 0.2) is 6.07 Å². The summed E-state index contributed by atoms with van der Waals surface area (Å²) in [6.45, 7) is 1.83. The van der Waals surface area contributed by atoms with Crippen LogP contribution in [0.4, 0.5) is 0 Å². The quantitative estimate of drug-likeness (QED) is 0.782. The predicted octanol–water partition coefficient (Wildman–Crippen LogP) is 2.45. The molecule has 0 saturated carbocycles. The van der Waals surface area contributed by atoms with Crippen LogP contribution in [0.3, 0.4) is 0 Å². The van der Waals surface area contributed by atoms with E-state index >= 15 is 0 Å². The van der Waals surface area contributed by atoms with Gasteiger partial charge in [-0.05, 0) is 24.1 Å². The Balaban J connectivity index is 2.54. The average molecular weight is 283 g/mol. The van der Waals surface area contributed by atoms with Crippen molar-refractivity contribution in [2.24, 2.45) is 0 Å². The number of hydrogen-bond donors (Lipinski definition) is 0. The van der Waals surface area contributed by atoms with Gasteiger partial charge in [0.2, 0.25) is 15.8 Å². The van der Waals surface area contributed by atoms with Gasteiger partial charge in [-0.15, -0.1) is 0 Å². The third-order valence-electron chi connectivity index (χ3n) is 2.25. The van der Waals surface area contributed by atoms with Crippen LogP contribution in [-0.2, 0) is 14.8 Å². The molecular formula is C9H8Cl2O4S. The molecule has 0 N–H and O–H groups in total. The van der Waals surface area contributed by atoms with Gasteiger partial charge in [-0.2, -0.15) is 0 Å². The molecule has 0 saturated heterocycles. The Morgan fingerprint density at radius 2 is 2.12 bits per heavy atom. The van der Waals surface area contributed by atoms with Gasteiger partial charge >= 0.3 is 0 Å². The predicted molar refractivity (Wildman–Crippen MR) is 60.8 cm³/mol. The fraction of sp³-hybridized carbons (Fsp3) is 0.333. The molecule has 0 unspecified atom stereocenters. The molecule has 2 rings (SSSR count). The monoisotopic (exact) mass is 282 g/mol. The molecule has 0 fully saturated rings. The van der Waals surface area contributed by atoms with E-state index in [1.807, 2.05) is 0 Å². The van der Waals surface area contributed by atoms with Crippen molar-refractivity contribution < 1.29 is 17.9 Å². The third-order valence-corrected chi connectivity index (χ3v) is 3.61. The minimum absolute atomic E-state index is 0.0889. The summed E-state index contributed by atoms with van der Waals surface area (Å²) in [7, 11) is 1.56. The lowest BCUT2D eigenvalue weighted by Crippen LogP contribution is -1.99. The van der Waals surface area contributed by atoms with E-state index in [9.17, 15) is 8.42 Å². The van der Waals surface area contributed by atoms with Gasteiger partial charge in [-0.3, -0.25) is 0 Å². The topological polar surface area (TPSA) is 52.6 Å². The van der Waals surface area contributed by atoms with Crippen molar-refractivity contribution in [3.05, 3.63) is 22.2 Å². The van der Waals surface area contributed by atoms with Gasteiger partial charge in [0, 0.05) is 10.7 Å². The second kappa shape index (κ2) is 3.98. The van der Waals surface area contributed by atoms with Crippen molar-refractivity contribution in [3.8, 4) is 11.5 Å². The van der Waals surface area contributed by atoms with E-state index in [0.717, 1.165) is 0 Å². The van der Waals surface area contributed by atoms with Gasteiger partial charge in [0.1, 0.15) is 0 Å². The van der Waals surface area contributed by atoms with Crippen LogP contribution in [-0.4, -0.2) is 15.2 Å². The number of halogens is 2. The van der Waals surface area contributed by atoms with E-state index < -0.39 is 9.05 Å². The number of fused-ring (bicyclic) bond motifs is 1. The lowest BCUT2D eigenvalue weighted by molar-refractivity contribution is 0.174.